The number of unbranched alkanes of at least 4 members (excludes halogenated alkanes) is 14. The average Bonchev–Trinajstić information content (AvgIpc) is 3.93. The van der Waals surface area contributed by atoms with Crippen LogP contribution in [0.3, 0.4) is 0 Å². The summed E-state index contributed by atoms with van der Waals surface area (Å²) in [6, 6.07) is 19.6. The van der Waals surface area contributed by atoms with Crippen LogP contribution in [0.1, 0.15) is 117 Å². The summed E-state index contributed by atoms with van der Waals surface area (Å²) in [4.78, 5) is 11.0. The number of benzene rings is 2. The minimum absolute atomic E-state index is 0.464. The number of hydrogen-bond donors (Lipinski definition) is 0. The molecule has 8 nitrogen and oxygen atoms in total. The summed E-state index contributed by atoms with van der Waals surface area (Å²) in [5.41, 5.74) is 1.70. The van der Waals surface area contributed by atoms with E-state index in [0.717, 1.165) is 58.4 Å². The highest BCUT2D eigenvalue weighted by Gasteiger charge is 2.17. The molecule has 5 aromatic rings. The third-order valence-electron chi connectivity index (χ3n) is 8.63. The predicted octanol–water partition coefficient (Wildman–Crippen LogP) is 12.2. The number of aromatic nitrogens is 4. The molecule has 5 rings (SSSR count). The highest BCUT2D eigenvalue weighted by Crippen LogP contribution is 2.34. The molecule has 3 aromatic heterocycles. The molecule has 9 heteroatoms. The number of ether oxygens (including phenoxy) is 2. The van der Waals surface area contributed by atoms with Gasteiger partial charge in [-0.1, -0.05) is 114 Å². The Balaban J connectivity index is 1.05. The summed E-state index contributed by atoms with van der Waals surface area (Å²) in [6.07, 6.45) is 20.6. The zero-order chi connectivity index (χ0) is 33.9. The number of thiophene rings is 1. The van der Waals surface area contributed by atoms with Crippen LogP contribution < -0.4 is 9.47 Å². The van der Waals surface area contributed by atoms with Gasteiger partial charge in [0.05, 0.1) is 23.0 Å². The van der Waals surface area contributed by atoms with Crippen molar-refractivity contribution < 1.29 is 18.5 Å². The van der Waals surface area contributed by atoms with Gasteiger partial charge in [-0.3, -0.25) is 0 Å². The van der Waals surface area contributed by atoms with Gasteiger partial charge in [-0.05, 0) is 73.5 Å². The first kappa shape index (κ1) is 36.3. The van der Waals surface area contributed by atoms with Crippen molar-refractivity contribution in [2.75, 3.05) is 13.2 Å². The molecule has 0 N–H and O–H groups in total. The average molecular weight is 685 g/mol. The van der Waals surface area contributed by atoms with Gasteiger partial charge in [0.25, 0.3) is 11.8 Å². The zero-order valence-electron chi connectivity index (χ0n) is 29.3. The molecule has 0 bridgehead atoms. The second-order valence-corrected chi connectivity index (χ2v) is 13.8. The van der Waals surface area contributed by atoms with Gasteiger partial charge in [0, 0.05) is 11.1 Å². The normalized spacial score (nSPS) is 11.3. The van der Waals surface area contributed by atoms with E-state index in [2.05, 4.69) is 34.1 Å². The van der Waals surface area contributed by atoms with Crippen LogP contribution in [0.15, 0.2) is 69.7 Å². The molecular formula is C40H52N4O4S. The second kappa shape index (κ2) is 20.5. The van der Waals surface area contributed by atoms with Crippen LogP contribution in [0.2, 0.25) is 0 Å². The van der Waals surface area contributed by atoms with Gasteiger partial charge in [-0.15, -0.1) is 11.3 Å². The fraction of sp³-hybridized carbons (Fsp3) is 0.500. The molecule has 3 heterocycles. The van der Waals surface area contributed by atoms with E-state index in [1.165, 1.54) is 101 Å². The molecule has 0 aliphatic heterocycles. The zero-order valence-corrected chi connectivity index (χ0v) is 30.1. The minimum Gasteiger partial charge on any atom is -0.494 e. The maximum Gasteiger partial charge on any atom is 0.258 e. The SMILES string of the molecule is CCCCCCCCCCOc1ccc(-c2nc(-c3ccc(-c4noc(-c5ccc(OCCCCCCCCCC)cc5)n4)s3)no2)cc1. The van der Waals surface area contributed by atoms with Crippen molar-refractivity contribution in [3.63, 3.8) is 0 Å². The van der Waals surface area contributed by atoms with E-state index >= 15 is 0 Å². The van der Waals surface area contributed by atoms with E-state index in [1.54, 1.807) is 0 Å². The topological polar surface area (TPSA) is 96.3 Å². The van der Waals surface area contributed by atoms with E-state index in [4.69, 9.17) is 18.5 Å². The highest BCUT2D eigenvalue weighted by molar-refractivity contribution is 7.18. The number of hydrogen-bond acceptors (Lipinski definition) is 9. The fourth-order valence-corrected chi connectivity index (χ4v) is 6.56. The van der Waals surface area contributed by atoms with E-state index in [9.17, 15) is 0 Å². The standard InChI is InChI=1S/C40H52N4O4S/c1-3-5-7-9-11-13-15-17-29-45-33-23-19-31(20-24-33)39-41-37(43-47-39)35-27-28-36(49-35)38-42-40(48-44-38)32-21-25-34(26-22-32)46-30-18-16-14-12-10-8-6-4-2/h19-28H,3-18,29-30H2,1-2H3. The van der Waals surface area contributed by atoms with E-state index in [1.807, 2.05) is 60.7 Å². The van der Waals surface area contributed by atoms with Crippen LogP contribution in [-0.2, 0) is 0 Å². The molecule has 0 aliphatic rings. The Bertz CT molecular complexity index is 1490. The third kappa shape index (κ3) is 11.8. The lowest BCUT2D eigenvalue weighted by Gasteiger charge is -2.06. The summed E-state index contributed by atoms with van der Waals surface area (Å²) >= 11 is 1.49. The Hall–Kier alpha value is -3.98. The van der Waals surface area contributed by atoms with Crippen LogP contribution in [-0.4, -0.2) is 33.5 Å². The highest BCUT2D eigenvalue weighted by atomic mass is 32.1. The van der Waals surface area contributed by atoms with Crippen LogP contribution in [0.25, 0.3) is 44.3 Å². The number of nitrogens with zero attached hydrogens (tertiary/aromatic N) is 4. The monoisotopic (exact) mass is 684 g/mol. The second-order valence-electron chi connectivity index (χ2n) is 12.7. The largest absolute Gasteiger partial charge is 0.494 e. The first-order valence-corrected chi connectivity index (χ1v) is 19.3. The summed E-state index contributed by atoms with van der Waals surface area (Å²) in [6.45, 7) is 5.99. The lowest BCUT2D eigenvalue weighted by Crippen LogP contribution is -1.97. The smallest absolute Gasteiger partial charge is 0.258 e. The molecule has 0 saturated carbocycles. The minimum atomic E-state index is 0.464. The van der Waals surface area contributed by atoms with Gasteiger partial charge in [-0.25, -0.2) is 0 Å². The Morgan fingerprint density at radius 1 is 0.469 bits per heavy atom. The lowest BCUT2D eigenvalue weighted by molar-refractivity contribution is 0.304. The van der Waals surface area contributed by atoms with Crippen molar-refractivity contribution in [1.29, 1.82) is 0 Å². The van der Waals surface area contributed by atoms with Gasteiger partial charge >= 0.3 is 0 Å². The van der Waals surface area contributed by atoms with Gasteiger partial charge in [0.15, 0.2) is 0 Å². The van der Waals surface area contributed by atoms with E-state index in [0.29, 0.717) is 23.4 Å². The lowest BCUT2D eigenvalue weighted by atomic mass is 10.1. The van der Waals surface area contributed by atoms with Crippen LogP contribution >= 0.6 is 11.3 Å². The summed E-state index contributed by atoms with van der Waals surface area (Å²) in [5.74, 6) is 3.68. The maximum atomic E-state index is 5.94. The molecule has 0 spiro atoms. The molecule has 0 radical (unpaired) electrons. The van der Waals surface area contributed by atoms with Gasteiger partial charge < -0.3 is 18.5 Å². The summed E-state index contributed by atoms with van der Waals surface area (Å²) in [5, 5.41) is 8.44. The van der Waals surface area contributed by atoms with E-state index in [-0.39, 0.29) is 0 Å². The predicted molar refractivity (Wildman–Crippen MR) is 198 cm³/mol. The van der Waals surface area contributed by atoms with Crippen LogP contribution in [0.4, 0.5) is 0 Å². The van der Waals surface area contributed by atoms with Crippen molar-refractivity contribution in [1.82, 2.24) is 20.3 Å². The summed E-state index contributed by atoms with van der Waals surface area (Å²) in [7, 11) is 0. The molecule has 0 amide bonds. The maximum absolute atomic E-state index is 5.94. The molecule has 0 aliphatic carbocycles. The Labute approximate surface area is 295 Å². The van der Waals surface area contributed by atoms with Crippen molar-refractivity contribution >= 4 is 11.3 Å². The van der Waals surface area contributed by atoms with Gasteiger partial charge in [0.2, 0.25) is 11.6 Å². The Morgan fingerprint density at radius 2 is 0.837 bits per heavy atom. The summed E-state index contributed by atoms with van der Waals surface area (Å²) < 4.78 is 23.1. The third-order valence-corrected chi connectivity index (χ3v) is 9.71. The Kier molecular flexibility index (Phi) is 15.2. The van der Waals surface area contributed by atoms with Crippen molar-refractivity contribution in [2.24, 2.45) is 0 Å². The fourth-order valence-electron chi connectivity index (χ4n) is 5.70. The molecule has 0 fully saturated rings. The van der Waals surface area contributed by atoms with Gasteiger partial charge in [0.1, 0.15) is 11.5 Å². The molecule has 0 saturated heterocycles. The molecule has 262 valence electrons. The Morgan fingerprint density at radius 3 is 1.22 bits per heavy atom. The first-order chi connectivity index (χ1) is 24.2. The quantitative estimate of drug-likeness (QED) is 0.0592. The van der Waals surface area contributed by atoms with E-state index < -0.39 is 0 Å². The molecule has 2 aromatic carbocycles. The van der Waals surface area contributed by atoms with Crippen LogP contribution in [0, 0.1) is 0 Å². The molecular weight excluding hydrogens is 633 g/mol. The molecule has 0 unspecified atom stereocenters. The first-order valence-electron chi connectivity index (χ1n) is 18.5. The van der Waals surface area contributed by atoms with Gasteiger partial charge in [-0.2, -0.15) is 9.97 Å². The van der Waals surface area contributed by atoms with Crippen molar-refractivity contribution in [3.8, 4) is 55.8 Å². The van der Waals surface area contributed by atoms with Crippen LogP contribution in [0.5, 0.6) is 11.5 Å². The molecule has 49 heavy (non-hydrogen) atoms. The van der Waals surface area contributed by atoms with Crippen molar-refractivity contribution in [2.45, 2.75) is 117 Å². The molecule has 0 atom stereocenters. The van der Waals surface area contributed by atoms with Crippen molar-refractivity contribution in [3.05, 3.63) is 60.7 Å². The number of rotatable bonds is 24.